The quantitative estimate of drug-likeness (QED) is 0.335. The summed E-state index contributed by atoms with van der Waals surface area (Å²) in [7, 11) is 0. The highest BCUT2D eigenvalue weighted by molar-refractivity contribution is 7.11. The summed E-state index contributed by atoms with van der Waals surface area (Å²) in [6, 6.07) is 10.2. The van der Waals surface area contributed by atoms with Crippen molar-refractivity contribution >= 4 is 34.3 Å². The molecular weight excluding hydrogens is 428 g/mol. The number of esters is 1. The van der Waals surface area contributed by atoms with Gasteiger partial charge in [0.05, 0.1) is 39.6 Å². The minimum atomic E-state index is -0.635. The van der Waals surface area contributed by atoms with Crippen LogP contribution in [0.3, 0.4) is 0 Å². The maximum Gasteiger partial charge on any atom is 0.336 e. The van der Waals surface area contributed by atoms with Crippen LogP contribution in [0.1, 0.15) is 35.9 Å². The van der Waals surface area contributed by atoms with Crippen LogP contribution < -0.4 is 5.32 Å². The van der Waals surface area contributed by atoms with Gasteiger partial charge >= 0.3 is 5.97 Å². The normalized spacial score (nSPS) is 16.0. The Labute approximate surface area is 188 Å². The van der Waals surface area contributed by atoms with Crippen LogP contribution in [-0.4, -0.2) is 27.5 Å². The zero-order valence-electron chi connectivity index (χ0n) is 17.4. The maximum absolute atomic E-state index is 13.1. The van der Waals surface area contributed by atoms with E-state index in [1.807, 2.05) is 17.5 Å². The van der Waals surface area contributed by atoms with Gasteiger partial charge in [0.1, 0.15) is 0 Å². The van der Waals surface area contributed by atoms with Crippen LogP contribution in [0, 0.1) is 10.1 Å². The molecule has 0 radical (unpaired) electrons. The Kier molecular flexibility index (Phi) is 6.09. The van der Waals surface area contributed by atoms with Crippen molar-refractivity contribution in [2.75, 3.05) is 6.61 Å². The van der Waals surface area contributed by atoms with Crippen LogP contribution in [0.5, 0.6) is 0 Å². The molecule has 1 aromatic carbocycles. The number of nitro groups is 1. The van der Waals surface area contributed by atoms with Gasteiger partial charge in [-0.2, -0.15) is 0 Å². The number of non-ortho nitro benzene ring substituents is 1. The Morgan fingerprint density at radius 2 is 2.12 bits per heavy atom. The van der Waals surface area contributed by atoms with Crippen molar-refractivity contribution in [1.82, 2.24) is 15.3 Å². The highest BCUT2D eigenvalue weighted by atomic mass is 32.1. The zero-order chi connectivity index (χ0) is 22.7. The van der Waals surface area contributed by atoms with E-state index in [1.165, 1.54) is 23.5 Å². The van der Waals surface area contributed by atoms with Crippen LogP contribution in [0.15, 0.2) is 71.6 Å². The second-order valence-electron chi connectivity index (χ2n) is 7.03. The van der Waals surface area contributed by atoms with Crippen LogP contribution in [0.2, 0.25) is 0 Å². The van der Waals surface area contributed by atoms with Crippen molar-refractivity contribution in [2.24, 2.45) is 0 Å². The van der Waals surface area contributed by atoms with Crippen LogP contribution in [0.25, 0.3) is 11.3 Å². The molecule has 1 unspecified atom stereocenters. The molecule has 0 spiro atoms. The number of hydrogen-bond donors (Lipinski definition) is 1. The molecule has 8 nitrogen and oxygen atoms in total. The summed E-state index contributed by atoms with van der Waals surface area (Å²) in [5, 5.41) is 16.8. The Morgan fingerprint density at radius 1 is 1.28 bits per heavy atom. The minimum Gasteiger partial charge on any atom is -0.463 e. The van der Waals surface area contributed by atoms with Crippen molar-refractivity contribution < 1.29 is 14.5 Å². The summed E-state index contributed by atoms with van der Waals surface area (Å²) >= 11 is 1.54. The van der Waals surface area contributed by atoms with Gasteiger partial charge in [0, 0.05) is 41.7 Å². The van der Waals surface area contributed by atoms with E-state index < -0.39 is 16.8 Å². The number of thiophene rings is 1. The van der Waals surface area contributed by atoms with E-state index in [0.717, 1.165) is 10.6 Å². The lowest BCUT2D eigenvalue weighted by Gasteiger charge is -2.32. The molecule has 32 heavy (non-hydrogen) atoms. The van der Waals surface area contributed by atoms with Gasteiger partial charge in [-0.05, 0) is 30.9 Å². The molecule has 1 N–H and O–H groups in total. The molecule has 1 aliphatic heterocycles. The van der Waals surface area contributed by atoms with Crippen LogP contribution in [0.4, 0.5) is 5.69 Å². The van der Waals surface area contributed by atoms with E-state index in [-0.39, 0.29) is 12.3 Å². The molecule has 4 rings (SSSR count). The van der Waals surface area contributed by atoms with Crippen molar-refractivity contribution in [1.29, 1.82) is 0 Å². The first kappa shape index (κ1) is 21.4. The van der Waals surface area contributed by atoms with Gasteiger partial charge < -0.3 is 10.1 Å². The number of nitrogens with one attached hydrogen (secondary N) is 1. The molecule has 3 heterocycles. The number of carbonyl (C=O) groups is 1. The first-order chi connectivity index (χ1) is 15.5. The summed E-state index contributed by atoms with van der Waals surface area (Å²) in [6.07, 6.45) is 4.77. The van der Waals surface area contributed by atoms with Crippen molar-refractivity contribution in [3.05, 3.63) is 97.9 Å². The Bertz CT molecular complexity index is 1220. The SMILES string of the molecule is CCOC(=O)C1=C(C)NC(c2cccs2)=C(c2cnccn2)C1c1cccc([N+](=O)[O-])c1. The molecule has 0 amide bonds. The van der Waals surface area contributed by atoms with Gasteiger partial charge in [0.2, 0.25) is 0 Å². The fourth-order valence-electron chi connectivity index (χ4n) is 3.79. The fraction of sp³-hybridized carbons (Fsp3) is 0.174. The summed E-state index contributed by atoms with van der Waals surface area (Å²) in [4.78, 5) is 33.8. The van der Waals surface area contributed by atoms with Crippen molar-refractivity contribution in [3.63, 3.8) is 0 Å². The van der Waals surface area contributed by atoms with E-state index in [2.05, 4.69) is 15.3 Å². The highest BCUT2D eigenvalue weighted by Crippen LogP contribution is 2.46. The average molecular weight is 449 g/mol. The standard InChI is InChI=1S/C23H20N4O4S/c1-3-31-23(28)19-14(2)26-22(18-8-5-11-32-18)21(17-13-24-9-10-25-17)20(19)15-6-4-7-16(12-15)27(29)30/h4-13,20,26H,3H2,1-2H3. The molecule has 0 saturated carbocycles. The molecule has 162 valence electrons. The van der Waals surface area contributed by atoms with E-state index in [4.69, 9.17) is 4.74 Å². The topological polar surface area (TPSA) is 107 Å². The van der Waals surface area contributed by atoms with E-state index >= 15 is 0 Å². The summed E-state index contributed by atoms with van der Waals surface area (Å²) in [5.74, 6) is -1.12. The molecule has 9 heteroatoms. The predicted octanol–water partition coefficient (Wildman–Crippen LogP) is 4.54. The molecule has 0 fully saturated rings. The summed E-state index contributed by atoms with van der Waals surface area (Å²) < 4.78 is 5.36. The number of nitrogens with zero attached hydrogens (tertiary/aromatic N) is 3. The fourth-order valence-corrected chi connectivity index (χ4v) is 4.53. The number of aromatic nitrogens is 2. The molecule has 2 aromatic heterocycles. The van der Waals surface area contributed by atoms with Gasteiger partial charge in [0.25, 0.3) is 5.69 Å². The lowest BCUT2D eigenvalue weighted by molar-refractivity contribution is -0.384. The van der Waals surface area contributed by atoms with Gasteiger partial charge in [-0.25, -0.2) is 4.79 Å². The number of nitro benzene ring substituents is 1. The highest BCUT2D eigenvalue weighted by Gasteiger charge is 2.37. The largest absolute Gasteiger partial charge is 0.463 e. The van der Waals surface area contributed by atoms with E-state index in [1.54, 1.807) is 44.6 Å². The van der Waals surface area contributed by atoms with Gasteiger partial charge in [-0.1, -0.05) is 18.2 Å². The Hall–Kier alpha value is -3.85. The molecule has 0 saturated heterocycles. The molecular formula is C23H20N4O4S. The number of carbonyl (C=O) groups excluding carboxylic acids is 1. The second-order valence-corrected chi connectivity index (χ2v) is 7.97. The van der Waals surface area contributed by atoms with E-state index in [0.29, 0.717) is 28.1 Å². The Morgan fingerprint density at radius 3 is 2.78 bits per heavy atom. The zero-order valence-corrected chi connectivity index (χ0v) is 18.3. The number of allylic oxidation sites excluding steroid dienone is 2. The lowest BCUT2D eigenvalue weighted by Crippen LogP contribution is -2.29. The average Bonchev–Trinajstić information content (AvgIpc) is 3.34. The maximum atomic E-state index is 13.1. The Balaban J connectivity index is 2.02. The first-order valence-corrected chi connectivity index (χ1v) is 10.8. The third kappa shape index (κ3) is 4.02. The number of benzene rings is 1. The summed E-state index contributed by atoms with van der Waals surface area (Å²) in [5.41, 5.74) is 3.59. The number of dihydropyridines is 1. The molecule has 1 aliphatic rings. The van der Waals surface area contributed by atoms with Crippen molar-refractivity contribution in [2.45, 2.75) is 19.8 Å². The first-order valence-electron chi connectivity index (χ1n) is 9.95. The van der Waals surface area contributed by atoms with Crippen molar-refractivity contribution in [3.8, 4) is 0 Å². The molecule has 0 aliphatic carbocycles. The monoisotopic (exact) mass is 448 g/mol. The second kappa shape index (κ2) is 9.11. The third-order valence-electron chi connectivity index (χ3n) is 5.08. The molecule has 1 atom stereocenters. The van der Waals surface area contributed by atoms with Gasteiger partial charge in [0.15, 0.2) is 0 Å². The van der Waals surface area contributed by atoms with Crippen LogP contribution in [-0.2, 0) is 9.53 Å². The smallest absolute Gasteiger partial charge is 0.336 e. The molecule has 3 aromatic rings. The predicted molar refractivity (Wildman–Crippen MR) is 121 cm³/mol. The number of ether oxygens (including phenoxy) is 1. The van der Waals surface area contributed by atoms with Gasteiger partial charge in [-0.15, -0.1) is 11.3 Å². The van der Waals surface area contributed by atoms with E-state index in [9.17, 15) is 14.9 Å². The lowest BCUT2D eigenvalue weighted by atomic mass is 9.78. The molecule has 0 bridgehead atoms. The number of hydrogen-bond acceptors (Lipinski definition) is 8. The third-order valence-corrected chi connectivity index (χ3v) is 5.97. The van der Waals surface area contributed by atoms with Gasteiger partial charge in [-0.3, -0.25) is 20.1 Å². The summed E-state index contributed by atoms with van der Waals surface area (Å²) in [6.45, 7) is 3.75. The minimum absolute atomic E-state index is 0.0573. The number of rotatable bonds is 6. The van der Waals surface area contributed by atoms with Crippen LogP contribution >= 0.6 is 11.3 Å².